The Bertz CT molecular complexity index is 178. The predicted molar refractivity (Wildman–Crippen MR) is 68.1 cm³/mol. The molecule has 0 bridgehead atoms. The first-order valence-electron chi connectivity index (χ1n) is 6.74. The molecule has 1 aliphatic heterocycles. The highest BCUT2D eigenvalue weighted by atomic mass is 15.1. The fourth-order valence-electron chi connectivity index (χ4n) is 2.99. The third kappa shape index (κ3) is 4.55. The van der Waals surface area contributed by atoms with Gasteiger partial charge in [-0.3, -0.25) is 0 Å². The highest BCUT2D eigenvalue weighted by Gasteiger charge is 2.31. The first kappa shape index (κ1) is 13.0. The molecule has 1 saturated heterocycles. The number of hydrogen-bond acceptors (Lipinski definition) is 1. The summed E-state index contributed by atoms with van der Waals surface area (Å²) in [5, 5.41) is 0. The minimum absolute atomic E-state index is 0.626. The maximum absolute atomic E-state index is 2.48. The van der Waals surface area contributed by atoms with Crippen molar-refractivity contribution in [2.75, 3.05) is 20.1 Å². The normalized spacial score (nSPS) is 29.6. The standard InChI is InChI=1S/C14H29N/c1-5-7-13(2)8-6-9-14(3)10-11-15(4)12-14/h13H,5-12H2,1-4H3. The Morgan fingerprint density at radius 1 is 1.33 bits per heavy atom. The number of rotatable bonds is 6. The van der Waals surface area contributed by atoms with E-state index in [4.69, 9.17) is 0 Å². The summed E-state index contributed by atoms with van der Waals surface area (Å²) in [6.07, 6.45) is 8.48. The molecule has 0 N–H and O–H groups in total. The van der Waals surface area contributed by atoms with Crippen LogP contribution in [-0.4, -0.2) is 25.0 Å². The van der Waals surface area contributed by atoms with Crippen LogP contribution in [0.2, 0.25) is 0 Å². The summed E-state index contributed by atoms with van der Waals surface area (Å²) in [4.78, 5) is 2.48. The Kier molecular flexibility index (Phi) is 5.11. The molecule has 0 aliphatic carbocycles. The summed E-state index contributed by atoms with van der Waals surface area (Å²) in [5.41, 5.74) is 0.626. The Balaban J connectivity index is 2.14. The quantitative estimate of drug-likeness (QED) is 0.643. The van der Waals surface area contributed by atoms with Crippen LogP contribution in [0.5, 0.6) is 0 Å². The van der Waals surface area contributed by atoms with E-state index in [1.165, 1.54) is 51.6 Å². The van der Waals surface area contributed by atoms with Crippen molar-refractivity contribution in [2.45, 2.75) is 59.3 Å². The smallest absolute Gasteiger partial charge is 0.00328 e. The summed E-state index contributed by atoms with van der Waals surface area (Å²) in [7, 11) is 2.25. The maximum atomic E-state index is 2.48. The third-order valence-electron chi connectivity index (χ3n) is 4.01. The molecule has 0 aromatic rings. The Hall–Kier alpha value is -0.0400. The van der Waals surface area contributed by atoms with Crippen molar-refractivity contribution >= 4 is 0 Å². The second-order valence-corrected chi connectivity index (χ2v) is 6.08. The van der Waals surface area contributed by atoms with Crippen molar-refractivity contribution in [2.24, 2.45) is 11.3 Å². The lowest BCUT2D eigenvalue weighted by Crippen LogP contribution is -2.21. The molecule has 1 aliphatic rings. The monoisotopic (exact) mass is 211 g/mol. The predicted octanol–water partition coefficient (Wildman–Crippen LogP) is 3.93. The second-order valence-electron chi connectivity index (χ2n) is 6.08. The molecule has 0 amide bonds. The van der Waals surface area contributed by atoms with Gasteiger partial charge in [0.1, 0.15) is 0 Å². The SMILES string of the molecule is CCCC(C)CCCC1(C)CCN(C)C1. The lowest BCUT2D eigenvalue weighted by atomic mass is 9.83. The molecule has 1 nitrogen and oxygen atoms in total. The van der Waals surface area contributed by atoms with Gasteiger partial charge in [0.05, 0.1) is 0 Å². The van der Waals surface area contributed by atoms with E-state index in [0.29, 0.717) is 5.41 Å². The Morgan fingerprint density at radius 3 is 2.60 bits per heavy atom. The first-order valence-corrected chi connectivity index (χ1v) is 6.74. The summed E-state index contributed by atoms with van der Waals surface area (Å²) in [5.74, 6) is 0.942. The molecule has 1 heteroatoms. The zero-order chi connectivity index (χ0) is 11.3. The summed E-state index contributed by atoms with van der Waals surface area (Å²) in [6, 6.07) is 0. The van der Waals surface area contributed by atoms with Gasteiger partial charge in [0.15, 0.2) is 0 Å². The zero-order valence-corrected chi connectivity index (χ0v) is 11.2. The topological polar surface area (TPSA) is 3.24 Å². The Labute approximate surface area is 96.2 Å². The lowest BCUT2D eigenvalue weighted by Gasteiger charge is -2.24. The van der Waals surface area contributed by atoms with Gasteiger partial charge in [-0.25, -0.2) is 0 Å². The van der Waals surface area contributed by atoms with Gasteiger partial charge in [0.2, 0.25) is 0 Å². The highest BCUT2D eigenvalue weighted by molar-refractivity contribution is 4.84. The van der Waals surface area contributed by atoms with Crippen LogP contribution in [0.1, 0.15) is 59.3 Å². The summed E-state index contributed by atoms with van der Waals surface area (Å²) >= 11 is 0. The highest BCUT2D eigenvalue weighted by Crippen LogP contribution is 2.34. The van der Waals surface area contributed by atoms with E-state index in [9.17, 15) is 0 Å². The van der Waals surface area contributed by atoms with E-state index < -0.39 is 0 Å². The van der Waals surface area contributed by atoms with Crippen LogP contribution in [0, 0.1) is 11.3 Å². The van der Waals surface area contributed by atoms with E-state index in [2.05, 4.69) is 32.7 Å². The van der Waals surface area contributed by atoms with Gasteiger partial charge in [-0.15, -0.1) is 0 Å². The van der Waals surface area contributed by atoms with Gasteiger partial charge in [-0.05, 0) is 37.8 Å². The van der Waals surface area contributed by atoms with Gasteiger partial charge < -0.3 is 4.90 Å². The van der Waals surface area contributed by atoms with Crippen molar-refractivity contribution in [3.8, 4) is 0 Å². The minimum atomic E-state index is 0.626. The molecule has 1 rings (SSSR count). The molecule has 1 heterocycles. The lowest BCUT2D eigenvalue weighted by molar-refractivity contribution is 0.272. The van der Waals surface area contributed by atoms with E-state index >= 15 is 0 Å². The molecule has 90 valence electrons. The molecule has 0 saturated carbocycles. The van der Waals surface area contributed by atoms with Crippen LogP contribution in [0.25, 0.3) is 0 Å². The molecule has 0 aromatic heterocycles. The van der Waals surface area contributed by atoms with Gasteiger partial charge in [0.25, 0.3) is 0 Å². The fourth-order valence-corrected chi connectivity index (χ4v) is 2.99. The third-order valence-corrected chi connectivity index (χ3v) is 4.01. The Morgan fingerprint density at radius 2 is 2.07 bits per heavy atom. The van der Waals surface area contributed by atoms with E-state index in [-0.39, 0.29) is 0 Å². The van der Waals surface area contributed by atoms with Crippen molar-refractivity contribution in [1.29, 1.82) is 0 Å². The average molecular weight is 211 g/mol. The van der Waals surface area contributed by atoms with Crippen LogP contribution in [0.15, 0.2) is 0 Å². The number of hydrogen-bond donors (Lipinski definition) is 0. The molecule has 0 radical (unpaired) electrons. The molecular weight excluding hydrogens is 182 g/mol. The van der Waals surface area contributed by atoms with E-state index in [0.717, 1.165) is 5.92 Å². The van der Waals surface area contributed by atoms with Crippen LogP contribution < -0.4 is 0 Å². The fraction of sp³-hybridized carbons (Fsp3) is 1.00. The first-order chi connectivity index (χ1) is 7.06. The number of likely N-dealkylation sites (tertiary alicyclic amines) is 1. The van der Waals surface area contributed by atoms with E-state index in [1.54, 1.807) is 0 Å². The average Bonchev–Trinajstić information content (AvgIpc) is 2.47. The van der Waals surface area contributed by atoms with Gasteiger partial charge >= 0.3 is 0 Å². The maximum Gasteiger partial charge on any atom is 0.00328 e. The van der Waals surface area contributed by atoms with Crippen LogP contribution in [0.4, 0.5) is 0 Å². The summed E-state index contributed by atoms with van der Waals surface area (Å²) in [6.45, 7) is 9.80. The van der Waals surface area contributed by atoms with E-state index in [1.807, 2.05) is 0 Å². The molecule has 1 fully saturated rings. The molecular formula is C14H29N. The van der Waals surface area contributed by atoms with Crippen LogP contribution in [0.3, 0.4) is 0 Å². The van der Waals surface area contributed by atoms with Crippen molar-refractivity contribution in [3.63, 3.8) is 0 Å². The van der Waals surface area contributed by atoms with Gasteiger partial charge in [0, 0.05) is 6.54 Å². The molecule has 15 heavy (non-hydrogen) atoms. The van der Waals surface area contributed by atoms with Crippen LogP contribution in [-0.2, 0) is 0 Å². The zero-order valence-electron chi connectivity index (χ0n) is 11.2. The number of nitrogens with zero attached hydrogens (tertiary/aromatic N) is 1. The van der Waals surface area contributed by atoms with Gasteiger partial charge in [-0.1, -0.05) is 46.5 Å². The van der Waals surface area contributed by atoms with Gasteiger partial charge in [-0.2, -0.15) is 0 Å². The largest absolute Gasteiger partial charge is 0.306 e. The minimum Gasteiger partial charge on any atom is -0.306 e. The molecule has 0 aromatic carbocycles. The second kappa shape index (κ2) is 5.89. The molecule has 0 spiro atoms. The summed E-state index contributed by atoms with van der Waals surface area (Å²) < 4.78 is 0. The molecule has 2 unspecified atom stereocenters. The van der Waals surface area contributed by atoms with Crippen molar-refractivity contribution in [1.82, 2.24) is 4.90 Å². The molecule has 2 atom stereocenters. The van der Waals surface area contributed by atoms with Crippen molar-refractivity contribution < 1.29 is 0 Å². The van der Waals surface area contributed by atoms with Crippen LogP contribution >= 0.6 is 0 Å². The van der Waals surface area contributed by atoms with Crippen molar-refractivity contribution in [3.05, 3.63) is 0 Å².